The Hall–Kier alpha value is -1.30. The molecule has 2 aliphatic carbocycles. The molecule has 0 amide bonds. The molecule has 3 atom stereocenters. The van der Waals surface area contributed by atoms with Gasteiger partial charge in [0.25, 0.3) is 0 Å². The van der Waals surface area contributed by atoms with Crippen LogP contribution in [0.5, 0.6) is 0 Å². The molecular formula is C17H21F3N2S. The van der Waals surface area contributed by atoms with E-state index in [1.807, 2.05) is 30.3 Å². The molecule has 0 saturated heterocycles. The molecule has 6 heteroatoms. The molecule has 1 aromatic carbocycles. The highest BCUT2D eigenvalue weighted by Crippen LogP contribution is 2.44. The first-order valence-corrected chi connectivity index (χ1v) is 8.47. The van der Waals surface area contributed by atoms with E-state index in [0.29, 0.717) is 5.92 Å². The summed E-state index contributed by atoms with van der Waals surface area (Å²) < 4.78 is 38.7. The Balaban J connectivity index is 1.65. The van der Waals surface area contributed by atoms with Crippen LogP contribution in [0.25, 0.3) is 0 Å². The maximum Gasteiger partial charge on any atom is 0.406 e. The van der Waals surface area contributed by atoms with Gasteiger partial charge in [0.1, 0.15) is 6.54 Å². The quantitative estimate of drug-likeness (QED) is 0.829. The first-order chi connectivity index (χ1) is 10.9. The van der Waals surface area contributed by atoms with E-state index in [1.54, 1.807) is 0 Å². The standard InChI is InChI=1S/C17H21F3N2S/c18-17(19,20)11-22(10-12-4-2-1-3-5-12)16(23)21-15-9-13-6-7-14(15)8-13/h1-5,13-15H,6-11H2,(H,21,23)/t13-,14-,15+/m0/s1. The average molecular weight is 342 g/mol. The highest BCUT2D eigenvalue weighted by Gasteiger charge is 2.40. The van der Waals surface area contributed by atoms with E-state index in [1.165, 1.54) is 24.2 Å². The number of rotatable bonds is 4. The molecule has 126 valence electrons. The van der Waals surface area contributed by atoms with Gasteiger partial charge in [0.05, 0.1) is 0 Å². The molecule has 2 bridgehead atoms. The van der Waals surface area contributed by atoms with Crippen molar-refractivity contribution in [2.75, 3.05) is 6.54 Å². The van der Waals surface area contributed by atoms with Gasteiger partial charge in [0, 0.05) is 12.6 Å². The fourth-order valence-electron chi connectivity index (χ4n) is 3.89. The Kier molecular flexibility index (Phi) is 4.80. The summed E-state index contributed by atoms with van der Waals surface area (Å²) in [6.45, 7) is -0.846. The van der Waals surface area contributed by atoms with Crippen LogP contribution in [0.2, 0.25) is 0 Å². The van der Waals surface area contributed by atoms with Crippen LogP contribution in [-0.4, -0.2) is 28.8 Å². The van der Waals surface area contributed by atoms with Crippen LogP contribution in [0.1, 0.15) is 31.2 Å². The third kappa shape index (κ3) is 4.37. The zero-order valence-corrected chi connectivity index (χ0v) is 13.7. The summed E-state index contributed by atoms with van der Waals surface area (Å²) in [6.07, 6.45) is 0.387. The minimum atomic E-state index is -4.27. The van der Waals surface area contributed by atoms with E-state index in [-0.39, 0.29) is 17.7 Å². The Bertz CT molecular complexity index is 547. The van der Waals surface area contributed by atoms with Crippen molar-refractivity contribution in [1.29, 1.82) is 0 Å². The predicted molar refractivity (Wildman–Crippen MR) is 87.9 cm³/mol. The van der Waals surface area contributed by atoms with Gasteiger partial charge < -0.3 is 10.2 Å². The van der Waals surface area contributed by atoms with Crippen molar-refractivity contribution in [1.82, 2.24) is 10.2 Å². The highest BCUT2D eigenvalue weighted by atomic mass is 32.1. The van der Waals surface area contributed by atoms with E-state index in [4.69, 9.17) is 12.2 Å². The van der Waals surface area contributed by atoms with Gasteiger partial charge in [0.2, 0.25) is 0 Å². The van der Waals surface area contributed by atoms with E-state index in [9.17, 15) is 13.2 Å². The number of fused-ring (bicyclic) bond motifs is 2. The number of nitrogens with one attached hydrogen (secondary N) is 1. The molecule has 0 aliphatic heterocycles. The van der Waals surface area contributed by atoms with Crippen molar-refractivity contribution in [3.8, 4) is 0 Å². The normalized spacial score (nSPS) is 26.3. The lowest BCUT2D eigenvalue weighted by Gasteiger charge is -2.31. The largest absolute Gasteiger partial charge is 0.406 e. The molecule has 2 aliphatic rings. The van der Waals surface area contributed by atoms with Crippen molar-refractivity contribution in [2.45, 2.75) is 44.4 Å². The molecule has 1 N–H and O–H groups in total. The zero-order valence-electron chi connectivity index (χ0n) is 12.9. The van der Waals surface area contributed by atoms with E-state index in [2.05, 4.69) is 5.32 Å². The van der Waals surface area contributed by atoms with Crippen LogP contribution in [-0.2, 0) is 6.54 Å². The number of hydrogen-bond donors (Lipinski definition) is 1. The molecule has 1 aromatic rings. The maximum atomic E-state index is 12.9. The van der Waals surface area contributed by atoms with Crippen molar-refractivity contribution < 1.29 is 13.2 Å². The van der Waals surface area contributed by atoms with Gasteiger partial charge in [-0.15, -0.1) is 0 Å². The van der Waals surface area contributed by atoms with Crippen LogP contribution >= 0.6 is 12.2 Å². The minimum Gasteiger partial charge on any atom is -0.360 e. The fourth-order valence-corrected chi connectivity index (χ4v) is 4.17. The average Bonchev–Trinajstić information content (AvgIpc) is 3.09. The molecule has 2 nitrogen and oxygen atoms in total. The van der Waals surface area contributed by atoms with Crippen LogP contribution in [0.4, 0.5) is 13.2 Å². The number of thiocarbonyl (C=S) groups is 1. The van der Waals surface area contributed by atoms with Crippen molar-refractivity contribution >= 4 is 17.3 Å². The molecule has 0 radical (unpaired) electrons. The van der Waals surface area contributed by atoms with E-state index in [0.717, 1.165) is 17.9 Å². The minimum absolute atomic E-state index is 0.174. The summed E-state index contributed by atoms with van der Waals surface area (Å²) >= 11 is 5.31. The number of halogens is 3. The van der Waals surface area contributed by atoms with Gasteiger partial charge in [-0.25, -0.2) is 0 Å². The summed E-state index contributed by atoms with van der Waals surface area (Å²) in [5, 5.41) is 3.44. The van der Waals surface area contributed by atoms with Crippen molar-refractivity contribution in [3.05, 3.63) is 35.9 Å². The second kappa shape index (κ2) is 6.67. The summed E-state index contributed by atoms with van der Waals surface area (Å²) in [7, 11) is 0. The molecule has 23 heavy (non-hydrogen) atoms. The SMILES string of the molecule is FC(F)(F)CN(Cc1ccccc1)C(=S)N[C@@H]1C[C@H]2CC[C@H]1C2. The number of alkyl halides is 3. The predicted octanol–water partition coefficient (Wildman–Crippen LogP) is 4.11. The summed E-state index contributed by atoms with van der Waals surface area (Å²) in [5.74, 6) is 1.30. The van der Waals surface area contributed by atoms with Crippen molar-refractivity contribution in [3.63, 3.8) is 0 Å². The molecule has 3 rings (SSSR count). The molecule has 0 unspecified atom stereocenters. The van der Waals surface area contributed by atoms with Crippen molar-refractivity contribution in [2.24, 2.45) is 11.8 Å². The summed E-state index contributed by atoms with van der Waals surface area (Å²) in [6, 6.07) is 9.39. The topological polar surface area (TPSA) is 15.3 Å². The first-order valence-electron chi connectivity index (χ1n) is 8.07. The van der Waals surface area contributed by atoms with Gasteiger partial charge >= 0.3 is 6.18 Å². The molecule has 0 heterocycles. The second-order valence-corrected chi connectivity index (χ2v) is 7.07. The smallest absolute Gasteiger partial charge is 0.360 e. The first kappa shape index (κ1) is 16.6. The Morgan fingerprint density at radius 1 is 1.17 bits per heavy atom. The molecule has 0 aromatic heterocycles. The van der Waals surface area contributed by atoms with Crippen LogP contribution in [0.15, 0.2) is 30.3 Å². The Labute approximate surface area is 140 Å². The third-order valence-corrected chi connectivity index (χ3v) is 5.30. The summed E-state index contributed by atoms with van der Waals surface area (Å²) in [4.78, 5) is 1.23. The molecule has 2 saturated carbocycles. The fraction of sp³-hybridized carbons (Fsp3) is 0.588. The third-order valence-electron chi connectivity index (χ3n) is 4.92. The van der Waals surface area contributed by atoms with Crippen LogP contribution in [0, 0.1) is 11.8 Å². The lowest BCUT2D eigenvalue weighted by molar-refractivity contribution is -0.138. The molecule has 0 spiro atoms. The van der Waals surface area contributed by atoms with E-state index >= 15 is 0 Å². The van der Waals surface area contributed by atoms with Crippen LogP contribution < -0.4 is 5.32 Å². The lowest BCUT2D eigenvalue weighted by Crippen LogP contribution is -2.48. The monoisotopic (exact) mass is 342 g/mol. The second-order valence-electron chi connectivity index (χ2n) is 6.69. The van der Waals surface area contributed by atoms with E-state index < -0.39 is 12.7 Å². The number of benzene rings is 1. The summed E-state index contributed by atoms with van der Waals surface area (Å²) in [5.41, 5.74) is 0.828. The zero-order chi connectivity index (χ0) is 16.4. The van der Waals surface area contributed by atoms with Gasteiger partial charge in [-0.2, -0.15) is 13.2 Å². The maximum absolute atomic E-state index is 12.9. The lowest BCUT2D eigenvalue weighted by atomic mass is 9.95. The Morgan fingerprint density at radius 2 is 1.91 bits per heavy atom. The van der Waals surface area contributed by atoms with Crippen LogP contribution in [0.3, 0.4) is 0 Å². The number of nitrogens with zero attached hydrogens (tertiary/aromatic N) is 1. The number of hydrogen-bond acceptors (Lipinski definition) is 1. The van der Waals surface area contributed by atoms with Gasteiger partial charge in [0.15, 0.2) is 5.11 Å². The van der Waals surface area contributed by atoms with Gasteiger partial charge in [-0.3, -0.25) is 0 Å². The van der Waals surface area contributed by atoms with Gasteiger partial charge in [-0.05, 0) is 48.9 Å². The molecular weight excluding hydrogens is 321 g/mol. The Morgan fingerprint density at radius 3 is 2.48 bits per heavy atom. The molecule has 2 fully saturated rings. The van der Waals surface area contributed by atoms with Gasteiger partial charge in [-0.1, -0.05) is 36.8 Å². The highest BCUT2D eigenvalue weighted by molar-refractivity contribution is 7.80.